The Morgan fingerprint density at radius 1 is 1.47 bits per heavy atom. The minimum atomic E-state index is -0.203. The van der Waals surface area contributed by atoms with E-state index in [1.165, 1.54) is 6.07 Å². The summed E-state index contributed by atoms with van der Waals surface area (Å²) < 4.78 is 14.3. The molecule has 1 N–H and O–H groups in total. The molecule has 0 spiro atoms. The van der Waals surface area contributed by atoms with E-state index in [4.69, 9.17) is 0 Å². The van der Waals surface area contributed by atoms with E-state index in [-0.39, 0.29) is 11.9 Å². The number of aromatic nitrogens is 1. The first-order valence-corrected chi connectivity index (χ1v) is 7.99. The highest BCUT2D eigenvalue weighted by atomic mass is 79.9. The third-order valence-corrected chi connectivity index (χ3v) is 4.26. The number of halogens is 2. The van der Waals surface area contributed by atoms with Crippen LogP contribution in [0.1, 0.15) is 30.6 Å². The molecule has 0 fully saturated rings. The van der Waals surface area contributed by atoms with E-state index in [0.717, 1.165) is 35.1 Å². The third-order valence-electron chi connectivity index (χ3n) is 2.88. The highest BCUT2D eigenvalue weighted by molar-refractivity contribution is 9.10. The van der Waals surface area contributed by atoms with Crippen LogP contribution in [0.25, 0.3) is 0 Å². The highest BCUT2D eigenvalue weighted by Gasteiger charge is 2.15. The van der Waals surface area contributed by atoms with Gasteiger partial charge >= 0.3 is 0 Å². The number of benzene rings is 1. The summed E-state index contributed by atoms with van der Waals surface area (Å²) in [6.07, 6.45) is 1.78. The Bertz CT molecular complexity index is 516. The van der Waals surface area contributed by atoms with Crippen LogP contribution in [-0.2, 0) is 6.42 Å². The molecule has 2 rings (SSSR count). The molecule has 1 atom stereocenters. The summed E-state index contributed by atoms with van der Waals surface area (Å²) in [5, 5.41) is 5.51. The van der Waals surface area contributed by atoms with Crippen LogP contribution in [0.5, 0.6) is 0 Å². The zero-order valence-electron chi connectivity index (χ0n) is 10.7. The van der Waals surface area contributed by atoms with Crippen LogP contribution in [0, 0.1) is 5.82 Å². The molecule has 5 heteroatoms. The zero-order chi connectivity index (χ0) is 13.7. The Hall–Kier alpha value is -0.780. The fraction of sp³-hybridized carbons (Fsp3) is 0.357. The molecule has 1 aromatic heterocycles. The molecule has 1 unspecified atom stereocenters. The van der Waals surface area contributed by atoms with Gasteiger partial charge in [-0.25, -0.2) is 9.37 Å². The quantitative estimate of drug-likeness (QED) is 0.845. The van der Waals surface area contributed by atoms with Gasteiger partial charge in [0.2, 0.25) is 0 Å². The predicted molar refractivity (Wildman–Crippen MR) is 81.0 cm³/mol. The van der Waals surface area contributed by atoms with Crippen molar-refractivity contribution in [2.75, 3.05) is 6.54 Å². The van der Waals surface area contributed by atoms with Gasteiger partial charge in [0.1, 0.15) is 5.82 Å². The van der Waals surface area contributed by atoms with Gasteiger partial charge < -0.3 is 5.32 Å². The lowest BCUT2D eigenvalue weighted by molar-refractivity contribution is 0.517. The molecule has 2 nitrogen and oxygen atoms in total. The van der Waals surface area contributed by atoms with E-state index in [1.54, 1.807) is 23.5 Å². The maximum Gasteiger partial charge on any atom is 0.123 e. The van der Waals surface area contributed by atoms with Crippen LogP contribution in [0.3, 0.4) is 0 Å². The van der Waals surface area contributed by atoms with E-state index >= 15 is 0 Å². The summed E-state index contributed by atoms with van der Waals surface area (Å²) >= 11 is 5.06. The molecule has 1 heterocycles. The monoisotopic (exact) mass is 342 g/mol. The molecule has 0 saturated heterocycles. The molecule has 1 aromatic carbocycles. The fourth-order valence-electron chi connectivity index (χ4n) is 1.91. The Kier molecular flexibility index (Phi) is 5.48. The van der Waals surface area contributed by atoms with Gasteiger partial charge in [-0.3, -0.25) is 0 Å². The smallest absolute Gasteiger partial charge is 0.123 e. The van der Waals surface area contributed by atoms with Gasteiger partial charge in [-0.15, -0.1) is 11.3 Å². The van der Waals surface area contributed by atoms with Crippen molar-refractivity contribution in [2.24, 2.45) is 0 Å². The second kappa shape index (κ2) is 7.12. The van der Waals surface area contributed by atoms with Crippen molar-refractivity contribution in [1.29, 1.82) is 0 Å². The molecular weight excluding hydrogens is 327 g/mol. The number of thiazole rings is 1. The second-order valence-corrected chi connectivity index (χ2v) is 5.93. The van der Waals surface area contributed by atoms with Crippen LogP contribution in [0.15, 0.2) is 33.6 Å². The minimum Gasteiger partial charge on any atom is -0.308 e. The maximum atomic E-state index is 13.3. The first kappa shape index (κ1) is 14.6. The van der Waals surface area contributed by atoms with Gasteiger partial charge in [0.05, 0.1) is 17.2 Å². The molecular formula is C14H16BrFN2S. The van der Waals surface area contributed by atoms with E-state index in [9.17, 15) is 4.39 Å². The summed E-state index contributed by atoms with van der Waals surface area (Å²) in [5.41, 5.74) is 3.81. The molecule has 0 bridgehead atoms. The van der Waals surface area contributed by atoms with Crippen LogP contribution in [0.4, 0.5) is 4.39 Å². The minimum absolute atomic E-state index is 0.129. The maximum absolute atomic E-state index is 13.3. The lowest BCUT2D eigenvalue weighted by atomic mass is 10.0. The van der Waals surface area contributed by atoms with Crippen molar-refractivity contribution >= 4 is 27.3 Å². The van der Waals surface area contributed by atoms with Gasteiger partial charge in [-0.1, -0.05) is 22.9 Å². The summed E-state index contributed by atoms with van der Waals surface area (Å²) in [5.74, 6) is -0.203. The summed E-state index contributed by atoms with van der Waals surface area (Å²) in [6, 6.07) is 4.93. The van der Waals surface area contributed by atoms with Crippen molar-refractivity contribution in [3.63, 3.8) is 0 Å². The van der Waals surface area contributed by atoms with Crippen molar-refractivity contribution in [3.8, 4) is 0 Å². The number of nitrogens with one attached hydrogen (secondary N) is 1. The topological polar surface area (TPSA) is 24.9 Å². The summed E-state index contributed by atoms with van der Waals surface area (Å²) in [4.78, 5) is 4.36. The van der Waals surface area contributed by atoms with Crippen LogP contribution < -0.4 is 5.32 Å². The van der Waals surface area contributed by atoms with Crippen LogP contribution >= 0.6 is 27.3 Å². The molecule has 19 heavy (non-hydrogen) atoms. The van der Waals surface area contributed by atoms with Gasteiger partial charge in [0, 0.05) is 9.85 Å². The van der Waals surface area contributed by atoms with Gasteiger partial charge in [-0.05, 0) is 43.1 Å². The summed E-state index contributed by atoms with van der Waals surface area (Å²) in [6.45, 7) is 3.05. The SMILES string of the molecule is CCCNC(Cc1cc(F)ccc1Br)c1cscn1. The Morgan fingerprint density at radius 2 is 2.32 bits per heavy atom. The Labute approximate surface area is 125 Å². The zero-order valence-corrected chi connectivity index (χ0v) is 13.1. The van der Waals surface area contributed by atoms with Gasteiger partial charge in [0.25, 0.3) is 0 Å². The average Bonchev–Trinajstić information content (AvgIpc) is 2.92. The Morgan fingerprint density at radius 3 is 3.00 bits per heavy atom. The predicted octanol–water partition coefficient (Wildman–Crippen LogP) is 4.33. The number of hydrogen-bond donors (Lipinski definition) is 1. The van der Waals surface area contributed by atoms with E-state index in [1.807, 2.05) is 10.9 Å². The molecule has 0 aliphatic carbocycles. The molecule has 0 amide bonds. The van der Waals surface area contributed by atoms with Crippen LogP contribution in [0.2, 0.25) is 0 Å². The number of nitrogens with zero attached hydrogens (tertiary/aromatic N) is 1. The van der Waals surface area contributed by atoms with Crippen molar-refractivity contribution in [2.45, 2.75) is 25.8 Å². The normalized spacial score (nSPS) is 12.6. The van der Waals surface area contributed by atoms with Gasteiger partial charge in [-0.2, -0.15) is 0 Å². The van der Waals surface area contributed by atoms with Crippen molar-refractivity contribution < 1.29 is 4.39 Å². The van der Waals surface area contributed by atoms with Gasteiger partial charge in [0.15, 0.2) is 0 Å². The van der Waals surface area contributed by atoms with E-state index in [0.29, 0.717) is 0 Å². The molecule has 2 aromatic rings. The number of hydrogen-bond acceptors (Lipinski definition) is 3. The summed E-state index contributed by atoms with van der Waals surface area (Å²) in [7, 11) is 0. The molecule has 102 valence electrons. The standard InChI is InChI=1S/C14H16BrFN2S/c1-2-5-17-13(14-8-19-9-18-14)7-10-6-11(16)3-4-12(10)15/h3-4,6,8-9,13,17H,2,5,7H2,1H3. The Balaban J connectivity index is 2.17. The molecule has 0 radical (unpaired) electrons. The number of rotatable bonds is 6. The molecule has 0 aliphatic heterocycles. The van der Waals surface area contributed by atoms with Crippen LogP contribution in [-0.4, -0.2) is 11.5 Å². The van der Waals surface area contributed by atoms with E-state index < -0.39 is 0 Å². The lowest BCUT2D eigenvalue weighted by Crippen LogP contribution is -2.24. The first-order valence-electron chi connectivity index (χ1n) is 6.26. The largest absolute Gasteiger partial charge is 0.308 e. The van der Waals surface area contributed by atoms with Crippen molar-refractivity contribution in [1.82, 2.24) is 10.3 Å². The average molecular weight is 343 g/mol. The molecule has 0 saturated carbocycles. The molecule has 0 aliphatic rings. The van der Waals surface area contributed by atoms with Crippen molar-refractivity contribution in [3.05, 3.63) is 50.6 Å². The van der Waals surface area contributed by atoms with E-state index in [2.05, 4.69) is 33.2 Å². The first-order chi connectivity index (χ1) is 9.20. The second-order valence-electron chi connectivity index (χ2n) is 4.36. The third kappa shape index (κ3) is 4.09. The fourth-order valence-corrected chi connectivity index (χ4v) is 2.93. The lowest BCUT2D eigenvalue weighted by Gasteiger charge is -2.17. The highest BCUT2D eigenvalue weighted by Crippen LogP contribution is 2.24.